The van der Waals surface area contributed by atoms with Crippen molar-refractivity contribution in [2.45, 2.75) is 20.3 Å². The molecule has 0 aliphatic heterocycles. The summed E-state index contributed by atoms with van der Waals surface area (Å²) in [5.74, 6) is 0.952. The molecule has 0 spiro atoms. The Hall–Kier alpha value is -3.04. The van der Waals surface area contributed by atoms with Crippen LogP contribution in [0.3, 0.4) is 0 Å². The first-order valence-electron chi connectivity index (χ1n) is 10.8. The Bertz CT molecular complexity index is 1150. The number of hydrogen-bond donors (Lipinski definition) is 1. The van der Waals surface area contributed by atoms with Gasteiger partial charge in [-0.25, -0.2) is 0 Å². The molecule has 30 heavy (non-hydrogen) atoms. The second-order valence-electron chi connectivity index (χ2n) is 7.67. The maximum absolute atomic E-state index is 6.46. The van der Waals surface area contributed by atoms with Crippen molar-refractivity contribution >= 4 is 27.2 Å². The highest BCUT2D eigenvalue weighted by Gasteiger charge is 2.14. The molecule has 0 saturated carbocycles. The van der Waals surface area contributed by atoms with Gasteiger partial charge in [0.05, 0.1) is 0 Å². The number of nitrogens with two attached hydrogens (primary N) is 1. The van der Waals surface area contributed by atoms with Gasteiger partial charge in [-0.05, 0) is 52.3 Å². The summed E-state index contributed by atoms with van der Waals surface area (Å²) in [5.41, 5.74) is 9.66. The monoisotopic (exact) mass is 398 g/mol. The van der Waals surface area contributed by atoms with Crippen LogP contribution in [-0.4, -0.2) is 31.1 Å². The van der Waals surface area contributed by atoms with E-state index in [2.05, 4.69) is 85.5 Å². The first-order chi connectivity index (χ1) is 14.7. The minimum atomic E-state index is 0.679. The van der Waals surface area contributed by atoms with Gasteiger partial charge in [-0.2, -0.15) is 0 Å². The largest absolute Gasteiger partial charge is 0.492 e. The third kappa shape index (κ3) is 4.12. The molecule has 4 rings (SSSR count). The lowest BCUT2D eigenvalue weighted by atomic mass is 9.93. The van der Waals surface area contributed by atoms with Crippen molar-refractivity contribution < 1.29 is 4.74 Å². The van der Waals surface area contributed by atoms with Crippen molar-refractivity contribution in [1.29, 1.82) is 0 Å². The zero-order chi connectivity index (χ0) is 20.9. The molecule has 154 valence electrons. The summed E-state index contributed by atoms with van der Waals surface area (Å²) in [6, 6.07) is 25.3. The number of hydrogen-bond acceptors (Lipinski definition) is 3. The third-order valence-corrected chi connectivity index (χ3v) is 5.99. The average Bonchev–Trinajstić information content (AvgIpc) is 2.79. The van der Waals surface area contributed by atoms with Crippen LogP contribution in [0.1, 0.15) is 25.0 Å². The highest BCUT2D eigenvalue weighted by molar-refractivity contribution is 5.92. The van der Waals surface area contributed by atoms with Crippen LogP contribution in [0.2, 0.25) is 0 Å². The van der Waals surface area contributed by atoms with Gasteiger partial charge in [-0.15, -0.1) is 0 Å². The number of rotatable bonds is 8. The number of benzene rings is 4. The van der Waals surface area contributed by atoms with Crippen LogP contribution in [0.25, 0.3) is 21.5 Å². The SMILES string of the molecule is CCN(CC)CCOc1ccc2ccccc2c1Cc1c(N)ccc2ccccc12. The summed E-state index contributed by atoms with van der Waals surface area (Å²) < 4.78 is 6.32. The lowest BCUT2D eigenvalue weighted by Crippen LogP contribution is -2.28. The number of anilines is 1. The summed E-state index contributed by atoms with van der Waals surface area (Å²) in [4.78, 5) is 2.38. The standard InChI is InChI=1S/C27H30N2O/c1-3-29(4-2)17-18-30-27-16-14-21-10-6-8-12-23(21)25(27)19-24-22-11-7-5-9-20(22)13-15-26(24)28/h5-16H,3-4,17-19,28H2,1-2H3. The van der Waals surface area contributed by atoms with Crippen molar-refractivity contribution in [3.05, 3.63) is 83.9 Å². The Morgan fingerprint density at radius 3 is 2.00 bits per heavy atom. The average molecular weight is 399 g/mol. The molecule has 0 saturated heterocycles. The predicted octanol–water partition coefficient (Wildman–Crippen LogP) is 5.89. The van der Waals surface area contributed by atoms with Crippen molar-refractivity contribution in [3.8, 4) is 5.75 Å². The first-order valence-corrected chi connectivity index (χ1v) is 10.8. The van der Waals surface area contributed by atoms with Gasteiger partial charge in [-0.1, -0.05) is 74.5 Å². The second-order valence-corrected chi connectivity index (χ2v) is 7.67. The van der Waals surface area contributed by atoms with Crippen molar-refractivity contribution in [2.75, 3.05) is 32.0 Å². The Balaban J connectivity index is 1.75. The molecule has 0 heterocycles. The topological polar surface area (TPSA) is 38.5 Å². The molecule has 2 N–H and O–H groups in total. The minimum Gasteiger partial charge on any atom is -0.492 e. The molecule has 0 fully saturated rings. The molecule has 0 amide bonds. The Labute approximate surface area is 179 Å². The molecule has 0 aliphatic rings. The molecular weight excluding hydrogens is 368 g/mol. The molecule has 3 nitrogen and oxygen atoms in total. The minimum absolute atomic E-state index is 0.679. The van der Waals surface area contributed by atoms with Crippen LogP contribution in [-0.2, 0) is 6.42 Å². The van der Waals surface area contributed by atoms with E-state index in [-0.39, 0.29) is 0 Å². The van der Waals surface area contributed by atoms with Crippen LogP contribution in [0.5, 0.6) is 5.75 Å². The summed E-state index contributed by atoms with van der Waals surface area (Å²) >= 11 is 0. The fraction of sp³-hybridized carbons (Fsp3) is 0.259. The van der Waals surface area contributed by atoms with Crippen LogP contribution in [0, 0.1) is 0 Å². The van der Waals surface area contributed by atoms with Gasteiger partial charge >= 0.3 is 0 Å². The van der Waals surface area contributed by atoms with E-state index in [0.717, 1.165) is 43.1 Å². The van der Waals surface area contributed by atoms with Crippen molar-refractivity contribution in [3.63, 3.8) is 0 Å². The Morgan fingerprint density at radius 1 is 0.733 bits per heavy atom. The summed E-state index contributed by atoms with van der Waals surface area (Å²) in [5, 5.41) is 4.87. The summed E-state index contributed by atoms with van der Waals surface area (Å²) in [6.07, 6.45) is 0.745. The van der Waals surface area contributed by atoms with Crippen molar-refractivity contribution in [1.82, 2.24) is 4.90 Å². The number of fused-ring (bicyclic) bond motifs is 2. The van der Waals surface area contributed by atoms with E-state index in [1.165, 1.54) is 27.1 Å². The fourth-order valence-electron chi connectivity index (χ4n) is 4.18. The van der Waals surface area contributed by atoms with Gasteiger partial charge in [0.15, 0.2) is 0 Å². The van der Waals surface area contributed by atoms with Gasteiger partial charge in [0.1, 0.15) is 12.4 Å². The molecule has 3 heteroatoms. The van der Waals surface area contributed by atoms with Crippen LogP contribution < -0.4 is 10.5 Å². The van der Waals surface area contributed by atoms with Crippen LogP contribution >= 0.6 is 0 Å². The van der Waals surface area contributed by atoms with E-state index in [1.807, 2.05) is 6.07 Å². The van der Waals surface area contributed by atoms with Gasteiger partial charge < -0.3 is 15.4 Å². The molecule has 0 radical (unpaired) electrons. The molecule has 4 aromatic rings. The molecule has 0 aromatic heterocycles. The van der Waals surface area contributed by atoms with E-state index in [4.69, 9.17) is 10.5 Å². The maximum atomic E-state index is 6.46. The smallest absolute Gasteiger partial charge is 0.123 e. The van der Waals surface area contributed by atoms with Crippen LogP contribution in [0.4, 0.5) is 5.69 Å². The van der Waals surface area contributed by atoms with E-state index in [9.17, 15) is 0 Å². The second kappa shape index (κ2) is 9.19. The molecule has 0 atom stereocenters. The summed E-state index contributed by atoms with van der Waals surface area (Å²) in [6.45, 7) is 8.06. The van der Waals surface area contributed by atoms with Gasteiger partial charge in [0.25, 0.3) is 0 Å². The van der Waals surface area contributed by atoms with E-state index in [1.54, 1.807) is 0 Å². The zero-order valence-electron chi connectivity index (χ0n) is 17.9. The highest BCUT2D eigenvalue weighted by Crippen LogP contribution is 2.34. The number of ether oxygens (including phenoxy) is 1. The fourth-order valence-corrected chi connectivity index (χ4v) is 4.18. The van der Waals surface area contributed by atoms with E-state index >= 15 is 0 Å². The maximum Gasteiger partial charge on any atom is 0.123 e. The van der Waals surface area contributed by atoms with Gasteiger partial charge in [0, 0.05) is 24.2 Å². The first kappa shape index (κ1) is 20.2. The highest BCUT2D eigenvalue weighted by atomic mass is 16.5. The molecule has 0 aliphatic carbocycles. The van der Waals surface area contributed by atoms with Crippen molar-refractivity contribution in [2.24, 2.45) is 0 Å². The third-order valence-electron chi connectivity index (χ3n) is 5.99. The van der Waals surface area contributed by atoms with Gasteiger partial charge in [0.2, 0.25) is 0 Å². The zero-order valence-corrected chi connectivity index (χ0v) is 17.9. The quantitative estimate of drug-likeness (QED) is 0.376. The molecule has 4 aromatic carbocycles. The number of nitrogens with zero attached hydrogens (tertiary/aromatic N) is 1. The molecule has 0 bridgehead atoms. The van der Waals surface area contributed by atoms with E-state index in [0.29, 0.717) is 6.61 Å². The number of nitrogen functional groups attached to an aromatic ring is 1. The lowest BCUT2D eigenvalue weighted by Gasteiger charge is -2.20. The normalized spacial score (nSPS) is 11.4. The predicted molar refractivity (Wildman–Crippen MR) is 128 cm³/mol. The molecule has 0 unspecified atom stereocenters. The Kier molecular flexibility index (Phi) is 6.20. The Morgan fingerprint density at radius 2 is 1.33 bits per heavy atom. The number of likely N-dealkylation sites (N-methyl/N-ethyl adjacent to an activating group) is 1. The summed E-state index contributed by atoms with van der Waals surface area (Å²) in [7, 11) is 0. The van der Waals surface area contributed by atoms with Crippen LogP contribution in [0.15, 0.2) is 72.8 Å². The lowest BCUT2D eigenvalue weighted by molar-refractivity contribution is 0.222. The molecular formula is C27H30N2O. The van der Waals surface area contributed by atoms with E-state index < -0.39 is 0 Å². The van der Waals surface area contributed by atoms with Gasteiger partial charge in [-0.3, -0.25) is 0 Å².